The molecule has 0 spiro atoms. The number of carbonyl (C=O) groups is 4. The summed E-state index contributed by atoms with van der Waals surface area (Å²) in [4.78, 5) is 49.6. The van der Waals surface area contributed by atoms with E-state index in [1.807, 2.05) is 51.1 Å². The highest BCUT2D eigenvalue weighted by Crippen LogP contribution is 2.17. The summed E-state index contributed by atoms with van der Waals surface area (Å²) in [5.74, 6) is -2.35. The van der Waals surface area contributed by atoms with Crippen LogP contribution in [0, 0.1) is 11.3 Å². The third-order valence-electron chi connectivity index (χ3n) is 7.14. The molecule has 45 heavy (non-hydrogen) atoms. The van der Waals surface area contributed by atoms with Gasteiger partial charge in [0.05, 0.1) is 24.7 Å². The molecule has 0 saturated carbocycles. The van der Waals surface area contributed by atoms with Gasteiger partial charge < -0.3 is 31.5 Å². The van der Waals surface area contributed by atoms with E-state index in [-0.39, 0.29) is 55.8 Å². The van der Waals surface area contributed by atoms with Crippen LogP contribution in [0.2, 0.25) is 0 Å². The number of amidine groups is 1. The number of ether oxygens (including phenoxy) is 1. The highest BCUT2D eigenvalue weighted by molar-refractivity contribution is 5.95. The number of amides is 2. The monoisotopic (exact) mass is 623 g/mol. The van der Waals surface area contributed by atoms with Gasteiger partial charge in [-0.1, -0.05) is 61.0 Å². The SMILES string of the molecule is CC(C)(C)OC[C@@H](NCCc1ccccc1)C(=O)C[C@@H](CCCCNC(=O)CCC(=O)O)C(=O)NCc1ccc(C(=N)N)cc1. The van der Waals surface area contributed by atoms with Gasteiger partial charge in [0.1, 0.15) is 5.84 Å². The van der Waals surface area contributed by atoms with E-state index < -0.39 is 23.5 Å². The van der Waals surface area contributed by atoms with Crippen LogP contribution in [0.25, 0.3) is 0 Å². The van der Waals surface area contributed by atoms with E-state index in [9.17, 15) is 19.2 Å². The Morgan fingerprint density at radius 2 is 1.60 bits per heavy atom. The predicted octanol–water partition coefficient (Wildman–Crippen LogP) is 3.33. The van der Waals surface area contributed by atoms with Gasteiger partial charge in [-0.3, -0.25) is 24.6 Å². The molecule has 11 nitrogen and oxygen atoms in total. The average Bonchev–Trinajstić information content (AvgIpc) is 2.99. The van der Waals surface area contributed by atoms with Crippen molar-refractivity contribution in [1.29, 1.82) is 5.41 Å². The summed E-state index contributed by atoms with van der Waals surface area (Å²) < 4.78 is 5.97. The zero-order chi connectivity index (χ0) is 33.2. The lowest BCUT2D eigenvalue weighted by Gasteiger charge is -2.26. The third-order valence-corrected chi connectivity index (χ3v) is 7.14. The van der Waals surface area contributed by atoms with Gasteiger partial charge in [-0.2, -0.15) is 0 Å². The fourth-order valence-corrected chi connectivity index (χ4v) is 4.53. The highest BCUT2D eigenvalue weighted by atomic mass is 16.5. The van der Waals surface area contributed by atoms with E-state index in [0.717, 1.165) is 17.5 Å². The molecular formula is C34H49N5O6. The molecule has 0 aliphatic heterocycles. The lowest BCUT2D eigenvalue weighted by Crippen LogP contribution is -2.45. The molecule has 2 aromatic carbocycles. The van der Waals surface area contributed by atoms with Crippen molar-refractivity contribution >= 4 is 29.4 Å². The first-order valence-electron chi connectivity index (χ1n) is 15.5. The molecule has 246 valence electrons. The van der Waals surface area contributed by atoms with Crippen molar-refractivity contribution in [3.8, 4) is 0 Å². The average molecular weight is 624 g/mol. The number of nitrogen functional groups attached to an aromatic ring is 1. The Morgan fingerprint density at radius 1 is 0.911 bits per heavy atom. The summed E-state index contributed by atoms with van der Waals surface area (Å²) in [6, 6.07) is 16.4. The number of carbonyl (C=O) groups excluding carboxylic acids is 3. The number of carboxylic acid groups (broad SMARTS) is 1. The smallest absolute Gasteiger partial charge is 0.303 e. The van der Waals surface area contributed by atoms with E-state index in [4.69, 9.17) is 21.0 Å². The molecule has 0 unspecified atom stereocenters. The van der Waals surface area contributed by atoms with E-state index in [0.29, 0.717) is 37.9 Å². The minimum Gasteiger partial charge on any atom is -0.481 e. The molecule has 0 heterocycles. The van der Waals surface area contributed by atoms with Crippen molar-refractivity contribution in [2.75, 3.05) is 19.7 Å². The summed E-state index contributed by atoms with van der Waals surface area (Å²) in [6.07, 6.45) is 2.05. The zero-order valence-corrected chi connectivity index (χ0v) is 26.7. The van der Waals surface area contributed by atoms with E-state index in [2.05, 4.69) is 16.0 Å². The largest absolute Gasteiger partial charge is 0.481 e. The second-order valence-electron chi connectivity index (χ2n) is 12.1. The Hall–Kier alpha value is -4.09. The summed E-state index contributed by atoms with van der Waals surface area (Å²) in [5.41, 5.74) is 7.67. The lowest BCUT2D eigenvalue weighted by molar-refractivity contribution is -0.138. The molecule has 0 aliphatic rings. The first-order chi connectivity index (χ1) is 21.3. The van der Waals surface area contributed by atoms with Gasteiger partial charge in [0.15, 0.2) is 5.78 Å². The van der Waals surface area contributed by atoms with Gasteiger partial charge in [-0.15, -0.1) is 0 Å². The summed E-state index contributed by atoms with van der Waals surface area (Å²) in [6.45, 7) is 7.15. The van der Waals surface area contributed by atoms with Crippen LogP contribution in [0.5, 0.6) is 0 Å². The molecular weight excluding hydrogens is 574 g/mol. The van der Waals surface area contributed by atoms with Crippen LogP contribution < -0.4 is 21.7 Å². The van der Waals surface area contributed by atoms with Gasteiger partial charge in [0.25, 0.3) is 0 Å². The lowest BCUT2D eigenvalue weighted by atomic mass is 9.92. The van der Waals surface area contributed by atoms with E-state index in [1.54, 1.807) is 24.3 Å². The van der Waals surface area contributed by atoms with Crippen LogP contribution in [0.4, 0.5) is 0 Å². The topological polar surface area (TPSA) is 184 Å². The molecule has 0 bridgehead atoms. The van der Waals surface area contributed by atoms with Crippen molar-refractivity contribution in [2.24, 2.45) is 11.7 Å². The minimum atomic E-state index is -1.03. The predicted molar refractivity (Wildman–Crippen MR) is 174 cm³/mol. The first kappa shape index (κ1) is 37.1. The van der Waals surface area contributed by atoms with Crippen molar-refractivity contribution in [3.05, 3.63) is 71.3 Å². The number of hydrogen-bond acceptors (Lipinski definition) is 7. The number of rotatable bonds is 21. The normalized spacial score (nSPS) is 12.6. The first-order valence-corrected chi connectivity index (χ1v) is 15.5. The Bertz CT molecular complexity index is 1240. The molecule has 2 atom stereocenters. The summed E-state index contributed by atoms with van der Waals surface area (Å²) in [7, 11) is 0. The Balaban J connectivity index is 2.05. The van der Waals surface area contributed by atoms with Gasteiger partial charge in [0, 0.05) is 37.4 Å². The summed E-state index contributed by atoms with van der Waals surface area (Å²) in [5, 5.41) is 25.3. The number of aliphatic carboxylic acids is 1. The van der Waals surface area contributed by atoms with Crippen LogP contribution in [-0.4, -0.2) is 65.8 Å². The van der Waals surface area contributed by atoms with Crippen LogP contribution in [0.3, 0.4) is 0 Å². The number of ketones is 1. The second-order valence-corrected chi connectivity index (χ2v) is 12.1. The zero-order valence-electron chi connectivity index (χ0n) is 26.7. The quantitative estimate of drug-likeness (QED) is 0.0695. The molecule has 2 aromatic rings. The van der Waals surface area contributed by atoms with E-state index >= 15 is 0 Å². The van der Waals surface area contributed by atoms with Crippen molar-refractivity contribution in [3.63, 3.8) is 0 Å². The van der Waals surface area contributed by atoms with Crippen LogP contribution in [0.1, 0.15) is 76.0 Å². The Kier molecular flexibility index (Phi) is 15.9. The van der Waals surface area contributed by atoms with Crippen LogP contribution >= 0.6 is 0 Å². The number of benzene rings is 2. The minimum absolute atomic E-state index is 0.0244. The number of unbranched alkanes of at least 4 members (excludes halogenated alkanes) is 1. The van der Waals surface area contributed by atoms with Gasteiger partial charge in [0.2, 0.25) is 11.8 Å². The second kappa shape index (κ2) is 19.3. The molecule has 7 N–H and O–H groups in total. The van der Waals surface area contributed by atoms with Crippen molar-refractivity contribution in [1.82, 2.24) is 16.0 Å². The van der Waals surface area contributed by atoms with E-state index in [1.165, 1.54) is 0 Å². The van der Waals surface area contributed by atoms with Crippen LogP contribution in [0.15, 0.2) is 54.6 Å². The number of nitrogens with one attached hydrogen (secondary N) is 4. The van der Waals surface area contributed by atoms with Crippen molar-refractivity contribution in [2.45, 2.75) is 83.9 Å². The maximum atomic E-state index is 13.6. The van der Waals surface area contributed by atoms with Crippen LogP contribution in [-0.2, 0) is 36.9 Å². The van der Waals surface area contributed by atoms with Gasteiger partial charge in [-0.25, -0.2) is 0 Å². The molecule has 11 heteroatoms. The molecule has 0 radical (unpaired) electrons. The third kappa shape index (κ3) is 16.0. The number of Topliss-reactive ketones (excluding diaryl/α,β-unsaturated/α-hetero) is 1. The van der Waals surface area contributed by atoms with Gasteiger partial charge >= 0.3 is 5.97 Å². The molecule has 2 rings (SSSR count). The molecule has 0 aliphatic carbocycles. The molecule has 0 aromatic heterocycles. The van der Waals surface area contributed by atoms with Crippen molar-refractivity contribution < 1.29 is 29.0 Å². The molecule has 0 fully saturated rings. The number of nitrogens with two attached hydrogens (primary N) is 1. The maximum absolute atomic E-state index is 13.6. The molecule has 0 saturated heterocycles. The maximum Gasteiger partial charge on any atom is 0.303 e. The standard InChI is InChI=1S/C34H49N5O6/c1-34(2,3)45-23-28(37-20-18-24-9-5-4-6-10-24)29(40)21-27(11-7-8-19-38-30(41)16-17-31(42)43)33(44)39-22-25-12-14-26(15-13-25)32(35)36/h4-6,9-10,12-15,27-28,37H,7-8,11,16-23H2,1-3H3,(H3,35,36)(H,38,41)(H,39,44)(H,42,43)/t27-,28-/m1/s1. The highest BCUT2D eigenvalue weighted by Gasteiger charge is 2.27. The number of hydrogen-bond donors (Lipinski definition) is 6. The fraction of sp³-hybridized carbons (Fsp3) is 0.500. The number of carboxylic acids is 1. The Morgan fingerprint density at radius 3 is 2.22 bits per heavy atom. The molecule has 2 amide bonds. The fourth-order valence-electron chi connectivity index (χ4n) is 4.53. The summed E-state index contributed by atoms with van der Waals surface area (Å²) >= 11 is 0. The Labute approximate surface area is 266 Å². The van der Waals surface area contributed by atoms with Gasteiger partial charge in [-0.05, 0) is 57.7 Å².